The van der Waals surface area contributed by atoms with Crippen molar-refractivity contribution in [3.8, 4) is 0 Å². The summed E-state index contributed by atoms with van der Waals surface area (Å²) < 4.78 is 0. The third-order valence-corrected chi connectivity index (χ3v) is 4.13. The number of hydrogen-bond donors (Lipinski definition) is 2. The van der Waals surface area contributed by atoms with Gasteiger partial charge in [-0.3, -0.25) is 31.4 Å². The van der Waals surface area contributed by atoms with Gasteiger partial charge < -0.3 is 83.4 Å². The third kappa shape index (κ3) is 25.0. The van der Waals surface area contributed by atoms with Crippen LogP contribution in [-0.2, 0) is 17.1 Å². The molecule has 0 unspecified atom stereocenters. The average Bonchev–Trinajstić information content (AvgIpc) is 2.89. The monoisotopic (exact) mass is 757 g/mol. The molecule has 0 amide bonds. The van der Waals surface area contributed by atoms with E-state index in [1.807, 2.05) is 50.5 Å². The zero-order chi connectivity index (χ0) is 30.2. The number of rotatable bonds is 4. The summed E-state index contributed by atoms with van der Waals surface area (Å²) in [6.45, 7) is 4.01. The van der Waals surface area contributed by atoms with Crippen LogP contribution in [0, 0.1) is 13.8 Å². The molecule has 0 aromatic carbocycles. The minimum atomic E-state index is -1.69. The number of carboxylic acid groups (broad SMARTS) is 4. The zero-order valence-corrected chi connectivity index (χ0v) is 26.2. The number of anilines is 2. The van der Waals surface area contributed by atoms with Gasteiger partial charge >= 0.3 is 17.1 Å². The van der Waals surface area contributed by atoms with Gasteiger partial charge in [0.1, 0.15) is 22.8 Å². The maximum absolute atomic E-state index is 10.2. The van der Waals surface area contributed by atoms with E-state index in [4.69, 9.17) is 11.5 Å². The maximum Gasteiger partial charge on any atom is 2.00 e. The summed E-state index contributed by atoms with van der Waals surface area (Å²) in [5.41, 5.74) is 10.3. The Morgan fingerprint density at radius 2 is 0.714 bits per heavy atom. The number of nitrogens with two attached hydrogens (primary N) is 2. The molecule has 4 aromatic rings. The second-order valence-corrected chi connectivity index (χ2v) is 7.30. The molecule has 0 bridgehead atoms. The Balaban J connectivity index is -0.0000000594. The number of aromatic carboxylic acids is 4. The summed E-state index contributed by atoms with van der Waals surface area (Å²) in [4.78, 5) is 59.6. The van der Waals surface area contributed by atoms with Gasteiger partial charge in [0.05, 0.1) is 36.3 Å². The van der Waals surface area contributed by atoms with Crippen LogP contribution in [0.5, 0.6) is 0 Å². The molecule has 4 aromatic heterocycles. The van der Waals surface area contributed by atoms with Gasteiger partial charge in [0.2, 0.25) is 0 Å². The van der Waals surface area contributed by atoms with Crippen LogP contribution in [0.2, 0.25) is 0 Å². The number of nitrogens with one attached hydrogen (secondary N) is 2. The normalized spacial score (nSPS) is 7.55. The van der Waals surface area contributed by atoms with E-state index in [2.05, 4.69) is 29.9 Å². The number of aromatic amines is 2. The molecule has 0 aliphatic rings. The van der Waals surface area contributed by atoms with Gasteiger partial charge in [-0.15, -0.1) is 0 Å². The van der Waals surface area contributed by atoms with Crippen molar-refractivity contribution in [3.05, 3.63) is 95.3 Å². The molecule has 22 N–H and O–H groups in total. The predicted octanol–water partition coefficient (Wildman–Crippen LogP) is -11.4. The molecular formula is C24H38CuN8O16. The SMILES string of the molecule is Cc1cc[nH+]c(N)c1.Cc1cc[nH+]c(N)c1.O.O.O.O.O.O.O.O.O=C([O-])c1nccnc1C(=O)[O-].O=C([O-])c1nccnc1C(=O)[O-].[Cu+2]. The first-order valence-electron chi connectivity index (χ1n) is 10.8. The van der Waals surface area contributed by atoms with Crippen LogP contribution in [0.1, 0.15) is 53.1 Å². The quantitative estimate of drug-likeness (QED) is 0.183. The summed E-state index contributed by atoms with van der Waals surface area (Å²) >= 11 is 0. The molecule has 4 heterocycles. The maximum atomic E-state index is 10.2. The third-order valence-electron chi connectivity index (χ3n) is 4.13. The number of nitrogen functional groups attached to an aromatic ring is 2. The van der Waals surface area contributed by atoms with Crippen molar-refractivity contribution >= 4 is 35.5 Å². The van der Waals surface area contributed by atoms with Crippen molar-refractivity contribution in [1.29, 1.82) is 0 Å². The molecule has 0 fully saturated rings. The predicted molar refractivity (Wildman–Crippen MR) is 155 cm³/mol. The fourth-order valence-electron chi connectivity index (χ4n) is 2.48. The molecule has 0 aliphatic heterocycles. The van der Waals surface area contributed by atoms with E-state index in [-0.39, 0.29) is 60.9 Å². The number of carbonyl (C=O) groups is 4. The largest absolute Gasteiger partial charge is 2.00 e. The first kappa shape index (κ1) is 65.7. The molecule has 0 spiro atoms. The Morgan fingerprint density at radius 1 is 0.510 bits per heavy atom. The summed E-state index contributed by atoms with van der Waals surface area (Å²) in [7, 11) is 0. The van der Waals surface area contributed by atoms with Crippen LogP contribution in [0.15, 0.2) is 61.4 Å². The topological polar surface area (TPSA) is 544 Å². The zero-order valence-electron chi connectivity index (χ0n) is 25.3. The van der Waals surface area contributed by atoms with Gasteiger partial charge in [-0.05, 0) is 37.1 Å². The number of aromatic nitrogens is 6. The average molecular weight is 758 g/mol. The van der Waals surface area contributed by atoms with Crippen molar-refractivity contribution in [2.24, 2.45) is 0 Å². The Hall–Kier alpha value is -5.86. The number of H-pyrrole nitrogens is 2. The first-order valence-corrected chi connectivity index (χ1v) is 10.8. The molecule has 0 saturated carbocycles. The van der Waals surface area contributed by atoms with Crippen molar-refractivity contribution in [2.45, 2.75) is 13.8 Å². The molecule has 0 saturated heterocycles. The van der Waals surface area contributed by atoms with Gasteiger partial charge in [-0.2, -0.15) is 0 Å². The van der Waals surface area contributed by atoms with E-state index in [1.165, 1.54) is 11.1 Å². The van der Waals surface area contributed by atoms with Gasteiger partial charge in [-0.25, -0.2) is 9.97 Å². The van der Waals surface area contributed by atoms with E-state index in [1.54, 1.807) is 0 Å². The van der Waals surface area contributed by atoms with Crippen LogP contribution in [0.25, 0.3) is 0 Å². The minimum Gasteiger partial charge on any atom is -0.543 e. The molecule has 1 radical (unpaired) electrons. The fraction of sp³-hybridized carbons (Fsp3) is 0.0833. The smallest absolute Gasteiger partial charge is 0.543 e. The molecule has 0 atom stereocenters. The fourth-order valence-corrected chi connectivity index (χ4v) is 2.48. The molecule has 24 nitrogen and oxygen atoms in total. The Morgan fingerprint density at radius 3 is 0.837 bits per heavy atom. The van der Waals surface area contributed by atoms with E-state index < -0.39 is 46.7 Å². The second-order valence-electron chi connectivity index (χ2n) is 7.30. The van der Waals surface area contributed by atoms with Crippen LogP contribution >= 0.6 is 0 Å². The van der Waals surface area contributed by atoms with Crippen LogP contribution < -0.4 is 41.9 Å². The number of carboxylic acids is 4. The Labute approximate surface area is 286 Å². The van der Waals surface area contributed by atoms with Gasteiger partial charge in [0.15, 0.2) is 0 Å². The van der Waals surface area contributed by atoms with Crippen LogP contribution in [0.3, 0.4) is 0 Å². The van der Waals surface area contributed by atoms with Crippen molar-refractivity contribution in [2.75, 3.05) is 11.5 Å². The number of aryl methyl sites for hydroxylation is 2. The Bertz CT molecular complexity index is 1290. The van der Waals surface area contributed by atoms with Gasteiger partial charge in [0, 0.05) is 36.9 Å². The molecule has 4 rings (SSSR count). The van der Waals surface area contributed by atoms with Gasteiger partial charge in [0.25, 0.3) is 11.6 Å². The van der Waals surface area contributed by atoms with Crippen LogP contribution in [-0.4, -0.2) is 87.6 Å². The van der Waals surface area contributed by atoms with E-state index >= 15 is 0 Å². The van der Waals surface area contributed by atoms with E-state index in [9.17, 15) is 39.6 Å². The van der Waals surface area contributed by atoms with E-state index in [0.717, 1.165) is 24.8 Å². The minimum absolute atomic E-state index is 0. The molecule has 49 heavy (non-hydrogen) atoms. The first-order chi connectivity index (χ1) is 18.8. The van der Waals surface area contributed by atoms with Crippen molar-refractivity contribution in [3.63, 3.8) is 0 Å². The molecule has 281 valence electrons. The van der Waals surface area contributed by atoms with Crippen LogP contribution in [0.4, 0.5) is 11.6 Å². The molecule has 0 aliphatic carbocycles. The summed E-state index contributed by atoms with van der Waals surface area (Å²) in [5, 5.41) is 40.9. The number of nitrogens with zero attached hydrogens (tertiary/aromatic N) is 4. The van der Waals surface area contributed by atoms with Crippen molar-refractivity contribution in [1.82, 2.24) is 19.9 Å². The molecular weight excluding hydrogens is 720 g/mol. The second kappa shape index (κ2) is 33.5. The summed E-state index contributed by atoms with van der Waals surface area (Å²) in [6, 6.07) is 7.72. The Kier molecular flexibility index (Phi) is 44.9. The summed E-state index contributed by atoms with van der Waals surface area (Å²) in [5.74, 6) is -5.34. The van der Waals surface area contributed by atoms with Gasteiger partial charge in [-0.1, -0.05) is 0 Å². The number of carbonyl (C=O) groups excluding carboxylic acids is 4. The standard InChI is InChI=1S/2C6H4N2O4.2C6H8N2.Cu.8H2O/c2*9-5(10)3-4(6(11)12)8-2-1-7-3;2*1-5-2-3-8-6(7)4-5;;;;;;;;;/h2*1-2H,(H,9,10)(H,11,12);2*2-4H,1H3,(H2,7,8);;8*1H2/q;;;;+2;;;;;;;;/p-2. The molecule has 25 heteroatoms. The number of pyridine rings is 2. The number of hydrogen-bond acceptors (Lipinski definition) is 14. The van der Waals surface area contributed by atoms with Crippen molar-refractivity contribution < 1.29 is 110 Å². The van der Waals surface area contributed by atoms with E-state index in [0.29, 0.717) is 11.6 Å². The summed E-state index contributed by atoms with van der Waals surface area (Å²) in [6.07, 6.45) is 7.86.